The predicted molar refractivity (Wildman–Crippen MR) is 69.3 cm³/mol. The highest BCUT2D eigenvalue weighted by Gasteiger charge is 2.20. The zero-order valence-electron chi connectivity index (χ0n) is 10.4. The van der Waals surface area contributed by atoms with E-state index in [-0.39, 0.29) is 17.7 Å². The van der Waals surface area contributed by atoms with Crippen molar-refractivity contribution in [3.05, 3.63) is 23.8 Å². The first kappa shape index (κ1) is 13.8. The Labute approximate surface area is 105 Å². The second-order valence-corrected chi connectivity index (χ2v) is 4.76. The zero-order chi connectivity index (χ0) is 13.9. The summed E-state index contributed by atoms with van der Waals surface area (Å²) in [7, 11) is 0. The molecule has 0 heterocycles. The number of carbonyl (C=O) groups excluding carboxylic acids is 1. The molecule has 6 heteroatoms. The van der Waals surface area contributed by atoms with E-state index >= 15 is 0 Å². The smallest absolute Gasteiger partial charge is 0.337 e. The average molecular weight is 251 g/mol. The fraction of sp³-hybridized carbons (Fsp3) is 0.333. The summed E-state index contributed by atoms with van der Waals surface area (Å²) in [6, 6.07) is 4.54. The molecule has 0 aliphatic heterocycles. The van der Waals surface area contributed by atoms with E-state index in [0.29, 0.717) is 5.69 Å². The van der Waals surface area contributed by atoms with Crippen molar-refractivity contribution in [2.45, 2.75) is 25.8 Å². The molecule has 18 heavy (non-hydrogen) atoms. The van der Waals surface area contributed by atoms with Crippen molar-refractivity contribution in [3.63, 3.8) is 0 Å². The van der Waals surface area contributed by atoms with Gasteiger partial charge < -0.3 is 21.9 Å². The number of anilines is 2. The number of nitrogen functional groups attached to an aromatic ring is 1. The van der Waals surface area contributed by atoms with Crippen LogP contribution in [0.2, 0.25) is 0 Å². The maximum absolute atomic E-state index is 10.9. The lowest BCUT2D eigenvalue weighted by Crippen LogP contribution is -2.36. The summed E-state index contributed by atoms with van der Waals surface area (Å²) >= 11 is 0. The number of nitrogens with two attached hydrogens (primary N) is 2. The minimum Gasteiger partial charge on any atom is -0.478 e. The molecule has 98 valence electrons. The zero-order valence-corrected chi connectivity index (χ0v) is 10.4. The Morgan fingerprint density at radius 3 is 2.44 bits per heavy atom. The number of carboxylic acids is 1. The van der Waals surface area contributed by atoms with Crippen molar-refractivity contribution in [2.75, 3.05) is 11.1 Å². The van der Waals surface area contributed by atoms with Crippen LogP contribution in [0.25, 0.3) is 0 Å². The number of amides is 1. The quantitative estimate of drug-likeness (QED) is 0.583. The molecule has 0 aliphatic rings. The molecule has 0 spiro atoms. The molecule has 6 nitrogen and oxygen atoms in total. The summed E-state index contributed by atoms with van der Waals surface area (Å²) < 4.78 is 0. The van der Waals surface area contributed by atoms with Gasteiger partial charge in [-0.15, -0.1) is 0 Å². The number of aromatic carboxylic acids is 1. The van der Waals surface area contributed by atoms with Crippen LogP contribution in [0.4, 0.5) is 11.4 Å². The van der Waals surface area contributed by atoms with Crippen LogP contribution in [0.3, 0.4) is 0 Å². The highest BCUT2D eigenvalue weighted by Crippen LogP contribution is 2.22. The Bertz CT molecular complexity index is 483. The van der Waals surface area contributed by atoms with Gasteiger partial charge in [-0.3, -0.25) is 4.79 Å². The van der Waals surface area contributed by atoms with Crippen LogP contribution in [0.15, 0.2) is 18.2 Å². The first-order valence-corrected chi connectivity index (χ1v) is 5.40. The first-order chi connectivity index (χ1) is 8.21. The lowest BCUT2D eigenvalue weighted by atomic mass is 9.99. The molecule has 0 aliphatic carbocycles. The second kappa shape index (κ2) is 4.95. The Morgan fingerprint density at radius 1 is 1.39 bits per heavy atom. The maximum atomic E-state index is 10.9. The molecule has 1 aromatic carbocycles. The fourth-order valence-electron chi connectivity index (χ4n) is 1.71. The van der Waals surface area contributed by atoms with Crippen LogP contribution in [0.1, 0.15) is 30.6 Å². The van der Waals surface area contributed by atoms with Gasteiger partial charge >= 0.3 is 5.97 Å². The van der Waals surface area contributed by atoms with Crippen LogP contribution in [-0.2, 0) is 4.79 Å². The van der Waals surface area contributed by atoms with Crippen molar-refractivity contribution >= 4 is 23.3 Å². The molecule has 0 unspecified atom stereocenters. The SMILES string of the molecule is CC(C)(CC(N)=O)Nc1ccc(C(=O)O)c(N)c1. The largest absolute Gasteiger partial charge is 0.478 e. The highest BCUT2D eigenvalue weighted by molar-refractivity contribution is 5.94. The normalized spacial score (nSPS) is 11.0. The van der Waals surface area contributed by atoms with Gasteiger partial charge in [-0.2, -0.15) is 0 Å². The third-order valence-electron chi connectivity index (χ3n) is 2.38. The van der Waals surface area contributed by atoms with E-state index in [2.05, 4.69) is 5.32 Å². The molecule has 0 fully saturated rings. The van der Waals surface area contributed by atoms with Crippen molar-refractivity contribution in [1.29, 1.82) is 0 Å². The van der Waals surface area contributed by atoms with Gasteiger partial charge in [0.2, 0.25) is 5.91 Å². The Hall–Kier alpha value is -2.24. The summed E-state index contributed by atoms with van der Waals surface area (Å²) in [6.45, 7) is 3.64. The number of carbonyl (C=O) groups is 2. The Kier molecular flexibility index (Phi) is 3.80. The molecule has 1 aromatic rings. The van der Waals surface area contributed by atoms with Crippen molar-refractivity contribution in [3.8, 4) is 0 Å². The molecule has 1 rings (SSSR count). The van der Waals surface area contributed by atoms with Gasteiger partial charge in [0.1, 0.15) is 0 Å². The van der Waals surface area contributed by atoms with E-state index < -0.39 is 17.4 Å². The van der Waals surface area contributed by atoms with Gasteiger partial charge in [0.25, 0.3) is 0 Å². The van der Waals surface area contributed by atoms with Crippen molar-refractivity contribution in [2.24, 2.45) is 5.73 Å². The predicted octanol–water partition coefficient (Wildman–Crippen LogP) is 1.03. The number of rotatable bonds is 5. The average Bonchev–Trinajstić information content (AvgIpc) is 2.13. The van der Waals surface area contributed by atoms with Gasteiger partial charge in [-0.25, -0.2) is 4.79 Å². The third-order valence-corrected chi connectivity index (χ3v) is 2.38. The van der Waals surface area contributed by atoms with E-state index in [1.807, 2.05) is 13.8 Å². The fourth-order valence-corrected chi connectivity index (χ4v) is 1.71. The van der Waals surface area contributed by atoms with Crippen molar-refractivity contribution < 1.29 is 14.7 Å². The molecule has 0 radical (unpaired) electrons. The molecule has 0 saturated carbocycles. The summed E-state index contributed by atoms with van der Waals surface area (Å²) in [5.74, 6) is -1.49. The number of benzene rings is 1. The molecule has 0 bridgehead atoms. The number of hydrogen-bond donors (Lipinski definition) is 4. The van der Waals surface area contributed by atoms with Crippen LogP contribution in [0.5, 0.6) is 0 Å². The summed E-state index contributed by atoms with van der Waals surface area (Å²) in [5.41, 5.74) is 11.1. The standard InChI is InChI=1S/C12H17N3O3/c1-12(2,6-10(14)16)15-7-3-4-8(11(17)18)9(13)5-7/h3-5,15H,6,13H2,1-2H3,(H2,14,16)(H,17,18). The van der Waals surface area contributed by atoms with Gasteiger partial charge in [0.05, 0.1) is 5.56 Å². The Morgan fingerprint density at radius 2 is 2.00 bits per heavy atom. The van der Waals surface area contributed by atoms with Gasteiger partial charge in [0, 0.05) is 23.3 Å². The number of carboxylic acid groups (broad SMARTS) is 1. The lowest BCUT2D eigenvalue weighted by molar-refractivity contribution is -0.118. The Balaban J connectivity index is 2.89. The van der Waals surface area contributed by atoms with E-state index in [1.165, 1.54) is 12.1 Å². The van der Waals surface area contributed by atoms with Gasteiger partial charge in [-0.05, 0) is 32.0 Å². The molecule has 0 saturated heterocycles. The van der Waals surface area contributed by atoms with Crippen LogP contribution in [-0.4, -0.2) is 22.5 Å². The topological polar surface area (TPSA) is 118 Å². The molecule has 0 aromatic heterocycles. The number of hydrogen-bond acceptors (Lipinski definition) is 4. The van der Waals surface area contributed by atoms with Crippen molar-refractivity contribution in [1.82, 2.24) is 0 Å². The second-order valence-electron chi connectivity index (χ2n) is 4.76. The number of nitrogens with one attached hydrogen (secondary N) is 1. The minimum atomic E-state index is -1.07. The van der Waals surface area contributed by atoms with Gasteiger partial charge in [-0.1, -0.05) is 0 Å². The lowest BCUT2D eigenvalue weighted by Gasteiger charge is -2.26. The van der Waals surface area contributed by atoms with Crippen LogP contribution in [0, 0.1) is 0 Å². The summed E-state index contributed by atoms with van der Waals surface area (Å²) in [5, 5.41) is 11.9. The van der Waals surface area contributed by atoms with Gasteiger partial charge in [0.15, 0.2) is 0 Å². The first-order valence-electron chi connectivity index (χ1n) is 5.40. The molecule has 1 amide bonds. The summed E-state index contributed by atoms with van der Waals surface area (Å²) in [4.78, 5) is 21.7. The molecular formula is C12H17N3O3. The maximum Gasteiger partial charge on any atom is 0.337 e. The molecule has 6 N–H and O–H groups in total. The molecule has 0 atom stereocenters. The minimum absolute atomic E-state index is 0.0493. The van der Waals surface area contributed by atoms with E-state index in [4.69, 9.17) is 16.6 Å². The van der Waals surface area contributed by atoms with Crippen LogP contribution < -0.4 is 16.8 Å². The highest BCUT2D eigenvalue weighted by atomic mass is 16.4. The molecular weight excluding hydrogens is 234 g/mol. The van der Waals surface area contributed by atoms with E-state index in [9.17, 15) is 9.59 Å². The summed E-state index contributed by atoms with van der Waals surface area (Å²) in [6.07, 6.45) is 0.160. The monoisotopic (exact) mass is 251 g/mol. The van der Waals surface area contributed by atoms with Crippen LogP contribution >= 0.6 is 0 Å². The number of primary amides is 1. The van der Waals surface area contributed by atoms with E-state index in [1.54, 1.807) is 6.07 Å². The van der Waals surface area contributed by atoms with E-state index in [0.717, 1.165) is 0 Å². The third kappa shape index (κ3) is 3.65.